The summed E-state index contributed by atoms with van der Waals surface area (Å²) in [5.74, 6) is -0.112. The Kier molecular flexibility index (Phi) is 5.39. The molecule has 8 heteroatoms. The summed E-state index contributed by atoms with van der Waals surface area (Å²) >= 11 is 5.86. The number of nitrogens with one attached hydrogen (secondary N) is 1. The number of benzene rings is 2. The Morgan fingerprint density at radius 3 is 2.55 bits per heavy atom. The van der Waals surface area contributed by atoms with Gasteiger partial charge in [-0.05, 0) is 35.4 Å². The average Bonchev–Trinajstić information content (AvgIpc) is 3.31. The Morgan fingerprint density at radius 1 is 1.03 bits per heavy atom. The van der Waals surface area contributed by atoms with Crippen molar-refractivity contribution in [2.45, 2.75) is 13.1 Å². The lowest BCUT2D eigenvalue weighted by Crippen LogP contribution is -2.13. The van der Waals surface area contributed by atoms with E-state index in [1.165, 1.54) is 12.1 Å². The maximum atomic E-state index is 13.3. The van der Waals surface area contributed by atoms with Crippen LogP contribution in [-0.4, -0.2) is 25.5 Å². The second kappa shape index (κ2) is 8.28. The predicted molar refractivity (Wildman–Crippen MR) is 108 cm³/mol. The summed E-state index contributed by atoms with van der Waals surface area (Å²) in [6.07, 6.45) is 5.05. The van der Waals surface area contributed by atoms with Gasteiger partial charge in [0.05, 0.1) is 24.3 Å². The number of rotatable bonds is 6. The molecule has 1 amide bonds. The van der Waals surface area contributed by atoms with Crippen LogP contribution in [0.3, 0.4) is 0 Å². The van der Waals surface area contributed by atoms with Gasteiger partial charge >= 0.3 is 0 Å². The first-order chi connectivity index (χ1) is 14.0. The van der Waals surface area contributed by atoms with Crippen molar-refractivity contribution in [3.8, 4) is 0 Å². The third kappa shape index (κ3) is 4.89. The Bertz CT molecular complexity index is 1140. The monoisotopic (exact) mass is 409 g/mol. The lowest BCUT2D eigenvalue weighted by Gasteiger charge is -2.05. The SMILES string of the molecule is O=C(Nc1ccn(Cc2cccc(F)c2)n1)c1ccc(Cn2cc(Cl)cn2)cc1. The highest BCUT2D eigenvalue weighted by Gasteiger charge is 2.09. The number of aromatic nitrogens is 4. The number of hydrogen-bond acceptors (Lipinski definition) is 3. The van der Waals surface area contributed by atoms with Gasteiger partial charge in [-0.15, -0.1) is 0 Å². The molecule has 0 radical (unpaired) electrons. The van der Waals surface area contributed by atoms with Crippen LogP contribution >= 0.6 is 11.6 Å². The van der Waals surface area contributed by atoms with E-state index < -0.39 is 0 Å². The molecule has 0 saturated carbocycles. The van der Waals surface area contributed by atoms with E-state index in [0.29, 0.717) is 29.5 Å². The number of hydrogen-bond donors (Lipinski definition) is 1. The maximum Gasteiger partial charge on any atom is 0.256 e. The minimum Gasteiger partial charge on any atom is -0.305 e. The topological polar surface area (TPSA) is 64.7 Å². The first kappa shape index (κ1) is 18.9. The van der Waals surface area contributed by atoms with Crippen molar-refractivity contribution in [2.24, 2.45) is 0 Å². The Morgan fingerprint density at radius 2 is 1.83 bits per heavy atom. The highest BCUT2D eigenvalue weighted by Crippen LogP contribution is 2.12. The summed E-state index contributed by atoms with van der Waals surface area (Å²) in [4.78, 5) is 12.5. The molecular weight excluding hydrogens is 393 g/mol. The third-order valence-electron chi connectivity index (χ3n) is 4.28. The Hall–Kier alpha value is -3.45. The van der Waals surface area contributed by atoms with Gasteiger partial charge in [-0.1, -0.05) is 35.9 Å². The van der Waals surface area contributed by atoms with Crippen LogP contribution < -0.4 is 5.32 Å². The van der Waals surface area contributed by atoms with E-state index in [1.807, 2.05) is 18.2 Å². The number of halogens is 2. The van der Waals surface area contributed by atoms with Crippen molar-refractivity contribution in [3.63, 3.8) is 0 Å². The van der Waals surface area contributed by atoms with Crippen LogP contribution in [0.4, 0.5) is 10.2 Å². The molecule has 2 aromatic carbocycles. The standard InChI is InChI=1S/C21H17ClFN5O/c22-18-11-24-28(14-18)12-15-4-6-17(7-5-15)21(29)25-20-8-9-27(26-20)13-16-2-1-3-19(23)10-16/h1-11,14H,12-13H2,(H,25,26,29). The van der Waals surface area contributed by atoms with Crippen LogP contribution in [0.25, 0.3) is 0 Å². The van der Waals surface area contributed by atoms with Crippen molar-refractivity contribution in [1.82, 2.24) is 19.6 Å². The minimum atomic E-state index is -0.290. The molecule has 0 bridgehead atoms. The summed E-state index contributed by atoms with van der Waals surface area (Å²) in [6.45, 7) is 0.985. The summed E-state index contributed by atoms with van der Waals surface area (Å²) in [6, 6.07) is 15.3. The molecule has 0 atom stereocenters. The van der Waals surface area contributed by atoms with Gasteiger partial charge in [-0.2, -0.15) is 10.2 Å². The molecule has 6 nitrogen and oxygen atoms in total. The van der Waals surface area contributed by atoms with E-state index in [2.05, 4.69) is 15.5 Å². The van der Waals surface area contributed by atoms with E-state index in [1.54, 1.807) is 52.2 Å². The van der Waals surface area contributed by atoms with E-state index in [-0.39, 0.29) is 11.7 Å². The van der Waals surface area contributed by atoms with Crippen LogP contribution in [0.15, 0.2) is 73.2 Å². The molecule has 0 aliphatic rings. The zero-order valence-electron chi connectivity index (χ0n) is 15.3. The maximum absolute atomic E-state index is 13.3. The lowest BCUT2D eigenvalue weighted by atomic mass is 10.1. The van der Waals surface area contributed by atoms with Gasteiger partial charge < -0.3 is 5.32 Å². The molecule has 0 aliphatic carbocycles. The van der Waals surface area contributed by atoms with Gasteiger partial charge in [0.2, 0.25) is 0 Å². The smallest absolute Gasteiger partial charge is 0.256 e. The fraction of sp³-hybridized carbons (Fsp3) is 0.0952. The van der Waals surface area contributed by atoms with Crippen molar-refractivity contribution in [1.29, 1.82) is 0 Å². The molecule has 0 spiro atoms. The minimum absolute atomic E-state index is 0.255. The highest BCUT2D eigenvalue weighted by molar-refractivity contribution is 6.30. The van der Waals surface area contributed by atoms with Crippen molar-refractivity contribution >= 4 is 23.3 Å². The van der Waals surface area contributed by atoms with Gasteiger partial charge in [-0.3, -0.25) is 14.2 Å². The molecule has 0 fully saturated rings. The fourth-order valence-electron chi connectivity index (χ4n) is 2.90. The third-order valence-corrected chi connectivity index (χ3v) is 4.47. The molecule has 2 aromatic heterocycles. The van der Waals surface area contributed by atoms with E-state index in [9.17, 15) is 9.18 Å². The van der Waals surface area contributed by atoms with Crippen molar-refractivity contribution in [3.05, 3.63) is 101 Å². The zero-order chi connectivity index (χ0) is 20.2. The van der Waals surface area contributed by atoms with Crippen molar-refractivity contribution < 1.29 is 9.18 Å². The predicted octanol–water partition coefficient (Wildman–Crippen LogP) is 4.22. The van der Waals surface area contributed by atoms with E-state index >= 15 is 0 Å². The van der Waals surface area contributed by atoms with Gasteiger partial charge in [0.15, 0.2) is 5.82 Å². The largest absolute Gasteiger partial charge is 0.305 e. The second-order valence-electron chi connectivity index (χ2n) is 6.54. The van der Waals surface area contributed by atoms with E-state index in [0.717, 1.165) is 11.1 Å². The van der Waals surface area contributed by atoms with Crippen molar-refractivity contribution in [2.75, 3.05) is 5.32 Å². The highest BCUT2D eigenvalue weighted by atomic mass is 35.5. The molecule has 0 aliphatic heterocycles. The van der Waals surface area contributed by atoms with Gasteiger partial charge in [-0.25, -0.2) is 4.39 Å². The number of amides is 1. The summed E-state index contributed by atoms with van der Waals surface area (Å²) in [5, 5.41) is 11.8. The van der Waals surface area contributed by atoms with Gasteiger partial charge in [0.25, 0.3) is 5.91 Å². The summed E-state index contributed by atoms with van der Waals surface area (Å²) < 4.78 is 16.7. The molecule has 4 rings (SSSR count). The van der Waals surface area contributed by atoms with Gasteiger partial charge in [0.1, 0.15) is 5.82 Å². The quantitative estimate of drug-likeness (QED) is 0.518. The van der Waals surface area contributed by atoms with Crippen LogP contribution in [-0.2, 0) is 13.1 Å². The first-order valence-corrected chi connectivity index (χ1v) is 9.29. The number of carbonyl (C=O) groups excluding carboxylic acids is 1. The number of anilines is 1. The average molecular weight is 410 g/mol. The Labute approximate surface area is 171 Å². The van der Waals surface area contributed by atoms with Crippen LogP contribution in [0.2, 0.25) is 5.02 Å². The molecule has 0 saturated heterocycles. The van der Waals surface area contributed by atoms with Crippen LogP contribution in [0.1, 0.15) is 21.5 Å². The molecule has 4 aromatic rings. The summed E-state index contributed by atoms with van der Waals surface area (Å²) in [5.41, 5.74) is 2.31. The number of carbonyl (C=O) groups is 1. The van der Waals surface area contributed by atoms with E-state index in [4.69, 9.17) is 11.6 Å². The molecule has 1 N–H and O–H groups in total. The Balaban J connectivity index is 1.37. The first-order valence-electron chi connectivity index (χ1n) is 8.91. The van der Waals surface area contributed by atoms with Gasteiger partial charge in [0, 0.05) is 24.0 Å². The molecule has 29 heavy (non-hydrogen) atoms. The fourth-order valence-corrected chi connectivity index (χ4v) is 3.06. The number of nitrogens with zero attached hydrogens (tertiary/aromatic N) is 4. The second-order valence-corrected chi connectivity index (χ2v) is 6.97. The van der Waals surface area contributed by atoms with Crippen LogP contribution in [0.5, 0.6) is 0 Å². The zero-order valence-corrected chi connectivity index (χ0v) is 16.1. The normalized spacial score (nSPS) is 10.8. The molecule has 0 unspecified atom stereocenters. The lowest BCUT2D eigenvalue weighted by molar-refractivity contribution is 0.102. The molecular formula is C21H17ClFN5O. The molecule has 146 valence electrons. The summed E-state index contributed by atoms with van der Waals surface area (Å²) in [7, 11) is 0. The molecule has 2 heterocycles. The van der Waals surface area contributed by atoms with Crippen LogP contribution in [0, 0.1) is 5.82 Å².